The highest BCUT2D eigenvalue weighted by atomic mass is 32.2. The molecule has 1 atom stereocenters. The molecule has 9 heteroatoms. The highest BCUT2D eigenvalue weighted by Gasteiger charge is 2.35. The third-order valence-electron chi connectivity index (χ3n) is 5.91. The van der Waals surface area contributed by atoms with Crippen LogP contribution in [-0.4, -0.2) is 24.2 Å². The van der Waals surface area contributed by atoms with Gasteiger partial charge >= 0.3 is 0 Å². The van der Waals surface area contributed by atoms with E-state index in [0.717, 1.165) is 21.9 Å². The van der Waals surface area contributed by atoms with Gasteiger partial charge in [0.25, 0.3) is 5.91 Å². The van der Waals surface area contributed by atoms with Gasteiger partial charge in [0.2, 0.25) is 5.91 Å². The van der Waals surface area contributed by atoms with Crippen LogP contribution in [0.2, 0.25) is 0 Å². The SMILES string of the molecule is CCOc1ccc(NC(=O)CSC2=C(C#N)[C@H](c3cccs3)C(C(=O)Nc3ccccc3C)=C(C)N2)cc1. The van der Waals surface area contributed by atoms with Gasteiger partial charge in [0.1, 0.15) is 5.75 Å². The summed E-state index contributed by atoms with van der Waals surface area (Å²) in [7, 11) is 0. The Morgan fingerprint density at radius 3 is 2.50 bits per heavy atom. The fourth-order valence-corrected chi connectivity index (χ4v) is 5.84. The van der Waals surface area contributed by atoms with Crippen LogP contribution in [0.25, 0.3) is 0 Å². The van der Waals surface area contributed by atoms with Crippen LogP contribution in [0.1, 0.15) is 30.2 Å². The Morgan fingerprint density at radius 2 is 1.84 bits per heavy atom. The third-order valence-corrected chi connectivity index (χ3v) is 7.86. The second-order valence-electron chi connectivity index (χ2n) is 8.53. The molecule has 0 bridgehead atoms. The lowest BCUT2D eigenvalue weighted by Crippen LogP contribution is -2.31. The summed E-state index contributed by atoms with van der Waals surface area (Å²) in [5.74, 6) is -0.187. The number of carbonyl (C=O) groups is 2. The van der Waals surface area contributed by atoms with Crippen molar-refractivity contribution in [2.45, 2.75) is 26.7 Å². The maximum atomic E-state index is 13.5. The molecule has 0 radical (unpaired) electrons. The number of hydrogen-bond donors (Lipinski definition) is 3. The summed E-state index contributed by atoms with van der Waals surface area (Å²) in [5.41, 5.74) is 3.86. The van der Waals surface area contributed by atoms with Gasteiger partial charge in [-0.2, -0.15) is 5.26 Å². The van der Waals surface area contributed by atoms with Crippen molar-refractivity contribution in [1.29, 1.82) is 5.26 Å². The zero-order chi connectivity index (χ0) is 27.1. The molecular weight excluding hydrogens is 516 g/mol. The smallest absolute Gasteiger partial charge is 0.254 e. The van der Waals surface area contributed by atoms with Crippen molar-refractivity contribution in [2.75, 3.05) is 23.0 Å². The lowest BCUT2D eigenvalue weighted by Gasteiger charge is -2.29. The normalized spacial score (nSPS) is 14.9. The Bertz CT molecular complexity index is 1420. The number of ether oxygens (including phenoxy) is 1. The van der Waals surface area contributed by atoms with E-state index in [2.05, 4.69) is 22.0 Å². The van der Waals surface area contributed by atoms with Crippen LogP contribution in [-0.2, 0) is 9.59 Å². The van der Waals surface area contributed by atoms with Gasteiger partial charge in [0, 0.05) is 27.5 Å². The number of benzene rings is 2. The number of nitrogens with zero attached hydrogens (tertiary/aromatic N) is 1. The van der Waals surface area contributed by atoms with E-state index < -0.39 is 5.92 Å². The minimum Gasteiger partial charge on any atom is -0.494 e. The molecule has 2 amide bonds. The van der Waals surface area contributed by atoms with Crippen molar-refractivity contribution in [3.05, 3.63) is 98.4 Å². The van der Waals surface area contributed by atoms with E-state index in [-0.39, 0.29) is 17.6 Å². The molecule has 2 aromatic carbocycles. The highest BCUT2D eigenvalue weighted by molar-refractivity contribution is 8.03. The Kier molecular flexibility index (Phi) is 8.89. The molecule has 2 heterocycles. The number of nitriles is 1. The molecule has 3 N–H and O–H groups in total. The number of aryl methyl sites for hydroxylation is 1. The lowest BCUT2D eigenvalue weighted by molar-refractivity contribution is -0.114. The zero-order valence-corrected chi connectivity index (χ0v) is 23.0. The molecule has 1 aromatic heterocycles. The molecule has 0 fully saturated rings. The molecule has 0 spiro atoms. The molecule has 0 saturated heterocycles. The van der Waals surface area contributed by atoms with Gasteiger partial charge in [-0.1, -0.05) is 36.0 Å². The fourth-order valence-electron chi connectivity index (χ4n) is 4.11. The minimum atomic E-state index is -0.540. The third kappa shape index (κ3) is 6.28. The summed E-state index contributed by atoms with van der Waals surface area (Å²) in [4.78, 5) is 27.1. The predicted octanol–water partition coefficient (Wildman–Crippen LogP) is 6.16. The number of allylic oxidation sites excluding steroid dienone is 2. The monoisotopic (exact) mass is 544 g/mol. The van der Waals surface area contributed by atoms with Gasteiger partial charge in [-0.05, 0) is 68.1 Å². The molecule has 0 aliphatic carbocycles. The Balaban J connectivity index is 1.54. The van der Waals surface area contributed by atoms with Crippen LogP contribution >= 0.6 is 23.1 Å². The van der Waals surface area contributed by atoms with Crippen molar-refractivity contribution in [2.24, 2.45) is 0 Å². The van der Waals surface area contributed by atoms with Gasteiger partial charge in [-0.15, -0.1) is 11.3 Å². The number of dihydropyridines is 1. The second kappa shape index (κ2) is 12.5. The van der Waals surface area contributed by atoms with Crippen LogP contribution in [0.3, 0.4) is 0 Å². The van der Waals surface area contributed by atoms with Crippen LogP contribution in [0, 0.1) is 18.3 Å². The van der Waals surface area contributed by atoms with Crippen LogP contribution < -0.4 is 20.7 Å². The van der Waals surface area contributed by atoms with Crippen molar-refractivity contribution in [1.82, 2.24) is 5.32 Å². The average molecular weight is 545 g/mol. The van der Waals surface area contributed by atoms with E-state index in [1.54, 1.807) is 24.3 Å². The average Bonchev–Trinajstić information content (AvgIpc) is 3.44. The van der Waals surface area contributed by atoms with Gasteiger partial charge in [-0.3, -0.25) is 9.59 Å². The quantitative estimate of drug-likeness (QED) is 0.298. The fraction of sp³-hybridized carbons (Fsp3) is 0.207. The first-order valence-corrected chi connectivity index (χ1v) is 14.0. The van der Waals surface area contributed by atoms with Crippen molar-refractivity contribution in [3.63, 3.8) is 0 Å². The van der Waals surface area contributed by atoms with Crippen LogP contribution in [0.15, 0.2) is 87.9 Å². The number of anilines is 2. The van der Waals surface area contributed by atoms with E-state index >= 15 is 0 Å². The molecule has 1 aliphatic rings. The molecule has 38 heavy (non-hydrogen) atoms. The van der Waals surface area contributed by atoms with Gasteiger partial charge in [-0.25, -0.2) is 0 Å². The van der Waals surface area contributed by atoms with Gasteiger partial charge < -0.3 is 20.7 Å². The number of nitrogens with one attached hydrogen (secondary N) is 3. The van der Waals surface area contributed by atoms with Gasteiger partial charge in [0.15, 0.2) is 0 Å². The lowest BCUT2D eigenvalue weighted by atomic mass is 9.86. The van der Waals surface area contributed by atoms with Crippen LogP contribution in [0.4, 0.5) is 11.4 Å². The summed E-state index contributed by atoms with van der Waals surface area (Å²) in [6.45, 7) is 6.24. The maximum absolute atomic E-state index is 13.5. The summed E-state index contributed by atoms with van der Waals surface area (Å²) in [5, 5.41) is 21.8. The topological polar surface area (TPSA) is 103 Å². The molecule has 3 aromatic rings. The summed E-state index contributed by atoms with van der Waals surface area (Å²) < 4.78 is 5.44. The van der Waals surface area contributed by atoms with Gasteiger partial charge in [0.05, 0.1) is 34.9 Å². The van der Waals surface area contributed by atoms with E-state index in [1.807, 2.05) is 62.5 Å². The van der Waals surface area contributed by atoms with Crippen molar-refractivity contribution in [3.8, 4) is 11.8 Å². The maximum Gasteiger partial charge on any atom is 0.254 e. The summed E-state index contributed by atoms with van der Waals surface area (Å²) in [6.07, 6.45) is 0. The molecule has 194 valence electrons. The van der Waals surface area contributed by atoms with Crippen molar-refractivity contribution >= 4 is 46.3 Å². The predicted molar refractivity (Wildman–Crippen MR) is 154 cm³/mol. The second-order valence-corrected chi connectivity index (χ2v) is 10.5. The molecule has 1 aliphatic heterocycles. The van der Waals surface area contributed by atoms with E-state index in [9.17, 15) is 14.9 Å². The standard InChI is InChI=1S/C29H28N4O3S2/c1-4-36-21-13-11-20(12-14-21)32-25(34)17-38-29-22(16-30)27(24-10-7-15-37-24)26(19(3)31-29)28(35)33-23-9-6-5-8-18(23)2/h5-15,27,31H,4,17H2,1-3H3,(H,32,34)(H,33,35)/t27-/m1/s1. The van der Waals surface area contributed by atoms with E-state index in [0.29, 0.717) is 34.2 Å². The highest BCUT2D eigenvalue weighted by Crippen LogP contribution is 2.42. The molecule has 0 saturated carbocycles. The number of amides is 2. The Labute approximate surface area is 230 Å². The number of thiophene rings is 1. The number of hydrogen-bond acceptors (Lipinski definition) is 7. The van der Waals surface area contributed by atoms with Crippen LogP contribution in [0.5, 0.6) is 5.75 Å². The molecule has 4 rings (SSSR count). The number of rotatable bonds is 9. The summed E-state index contributed by atoms with van der Waals surface area (Å²) in [6, 6.07) is 20.9. The van der Waals surface area contributed by atoms with E-state index in [1.165, 1.54) is 23.1 Å². The largest absolute Gasteiger partial charge is 0.494 e. The van der Waals surface area contributed by atoms with E-state index in [4.69, 9.17) is 4.74 Å². The number of para-hydroxylation sites is 1. The first-order valence-electron chi connectivity index (χ1n) is 12.1. The van der Waals surface area contributed by atoms with Crippen molar-refractivity contribution < 1.29 is 14.3 Å². The summed E-state index contributed by atoms with van der Waals surface area (Å²) >= 11 is 2.73. The molecule has 0 unspecified atom stereocenters. The molecular formula is C29H28N4O3S2. The first-order chi connectivity index (χ1) is 18.4. The zero-order valence-electron chi connectivity index (χ0n) is 21.3. The minimum absolute atomic E-state index is 0.0932. The first kappa shape index (κ1) is 27.0. The Hall–Kier alpha value is -4.00. The number of thioether (sulfide) groups is 1. The molecule has 7 nitrogen and oxygen atoms in total. The Morgan fingerprint density at radius 1 is 1.08 bits per heavy atom. The number of carbonyl (C=O) groups excluding carboxylic acids is 2.